The van der Waals surface area contributed by atoms with Crippen LogP contribution in [-0.4, -0.2) is 24.5 Å². The standard InChI is InChI=1S/C17H15ClF2N2O3/c1-10(21-16(24)11-2-4-12(18)5-3-11)15(23)22-13-6-8-14(9-7-13)25-17(19)20/h2-10,17H,1H3,(H,21,24)(H,22,23). The van der Waals surface area contributed by atoms with Crippen molar-refractivity contribution in [1.82, 2.24) is 5.32 Å². The van der Waals surface area contributed by atoms with Gasteiger partial charge in [0, 0.05) is 16.3 Å². The molecule has 0 aliphatic carbocycles. The SMILES string of the molecule is CC(NC(=O)c1ccc(Cl)cc1)C(=O)Nc1ccc(OC(F)F)cc1. The average molecular weight is 369 g/mol. The highest BCUT2D eigenvalue weighted by molar-refractivity contribution is 6.30. The fourth-order valence-electron chi connectivity index (χ4n) is 1.92. The van der Waals surface area contributed by atoms with Crippen molar-refractivity contribution in [3.05, 3.63) is 59.1 Å². The molecule has 0 bridgehead atoms. The van der Waals surface area contributed by atoms with Gasteiger partial charge < -0.3 is 15.4 Å². The van der Waals surface area contributed by atoms with E-state index < -0.39 is 24.5 Å². The smallest absolute Gasteiger partial charge is 0.387 e. The van der Waals surface area contributed by atoms with E-state index in [0.717, 1.165) is 0 Å². The molecular weight excluding hydrogens is 354 g/mol. The first kappa shape index (κ1) is 18.7. The minimum absolute atomic E-state index is 0.0166. The van der Waals surface area contributed by atoms with Gasteiger partial charge in [0.1, 0.15) is 11.8 Å². The Kier molecular flexibility index (Phi) is 6.30. The van der Waals surface area contributed by atoms with E-state index in [0.29, 0.717) is 16.3 Å². The molecule has 2 N–H and O–H groups in total. The number of benzene rings is 2. The minimum atomic E-state index is -2.91. The summed E-state index contributed by atoms with van der Waals surface area (Å²) < 4.78 is 28.4. The Morgan fingerprint density at radius 2 is 1.64 bits per heavy atom. The molecule has 0 radical (unpaired) electrons. The lowest BCUT2D eigenvalue weighted by atomic mass is 10.2. The van der Waals surface area contributed by atoms with Crippen molar-refractivity contribution in [2.24, 2.45) is 0 Å². The molecule has 8 heteroatoms. The van der Waals surface area contributed by atoms with Crippen LogP contribution < -0.4 is 15.4 Å². The van der Waals surface area contributed by atoms with Crippen molar-refractivity contribution in [3.8, 4) is 5.75 Å². The summed E-state index contributed by atoms with van der Waals surface area (Å²) in [5.74, 6) is -0.887. The molecule has 132 valence electrons. The van der Waals surface area contributed by atoms with Gasteiger partial charge in [-0.3, -0.25) is 9.59 Å². The number of alkyl halides is 2. The van der Waals surface area contributed by atoms with Crippen LogP contribution in [0.2, 0.25) is 5.02 Å². The Balaban J connectivity index is 1.91. The van der Waals surface area contributed by atoms with E-state index in [1.54, 1.807) is 24.3 Å². The van der Waals surface area contributed by atoms with E-state index in [9.17, 15) is 18.4 Å². The third kappa shape index (κ3) is 5.72. The highest BCUT2D eigenvalue weighted by Gasteiger charge is 2.17. The van der Waals surface area contributed by atoms with E-state index in [2.05, 4.69) is 15.4 Å². The van der Waals surface area contributed by atoms with Crippen molar-refractivity contribution in [2.45, 2.75) is 19.6 Å². The Morgan fingerprint density at radius 3 is 2.20 bits per heavy atom. The Bertz CT molecular complexity index is 737. The summed E-state index contributed by atoms with van der Waals surface area (Å²) in [5.41, 5.74) is 0.761. The fraction of sp³-hybridized carbons (Fsp3) is 0.176. The summed E-state index contributed by atoms with van der Waals surface area (Å²) in [7, 11) is 0. The fourth-order valence-corrected chi connectivity index (χ4v) is 2.04. The molecule has 5 nitrogen and oxygen atoms in total. The first-order chi connectivity index (χ1) is 11.8. The normalized spacial score (nSPS) is 11.7. The lowest BCUT2D eigenvalue weighted by Gasteiger charge is -2.14. The number of hydrogen-bond donors (Lipinski definition) is 2. The number of anilines is 1. The van der Waals surface area contributed by atoms with E-state index in [4.69, 9.17) is 11.6 Å². The molecular formula is C17H15ClF2N2O3. The molecule has 0 saturated carbocycles. The van der Waals surface area contributed by atoms with Gasteiger partial charge in [-0.1, -0.05) is 11.6 Å². The number of hydrogen-bond acceptors (Lipinski definition) is 3. The summed E-state index contributed by atoms with van der Waals surface area (Å²) in [6.07, 6.45) is 0. The molecule has 0 saturated heterocycles. The largest absolute Gasteiger partial charge is 0.435 e. The van der Waals surface area contributed by atoms with Crippen molar-refractivity contribution >= 4 is 29.1 Å². The zero-order valence-corrected chi connectivity index (χ0v) is 13.9. The number of ether oxygens (including phenoxy) is 1. The molecule has 1 atom stereocenters. The van der Waals surface area contributed by atoms with E-state index in [-0.39, 0.29) is 5.75 Å². The minimum Gasteiger partial charge on any atom is -0.435 e. The van der Waals surface area contributed by atoms with Gasteiger partial charge in [-0.05, 0) is 55.5 Å². The molecule has 0 fully saturated rings. The summed E-state index contributed by atoms with van der Waals surface area (Å²) >= 11 is 5.76. The van der Waals surface area contributed by atoms with Crippen LogP contribution in [0.15, 0.2) is 48.5 Å². The highest BCUT2D eigenvalue weighted by Crippen LogP contribution is 2.18. The monoisotopic (exact) mass is 368 g/mol. The zero-order chi connectivity index (χ0) is 18.4. The number of halogens is 3. The van der Waals surface area contributed by atoms with Crippen molar-refractivity contribution in [2.75, 3.05) is 5.32 Å². The molecule has 1 unspecified atom stereocenters. The van der Waals surface area contributed by atoms with Crippen molar-refractivity contribution in [3.63, 3.8) is 0 Å². The Morgan fingerprint density at radius 1 is 1.04 bits per heavy atom. The van der Waals surface area contributed by atoms with Crippen molar-refractivity contribution in [1.29, 1.82) is 0 Å². The highest BCUT2D eigenvalue weighted by atomic mass is 35.5. The maximum Gasteiger partial charge on any atom is 0.387 e. The molecule has 0 aromatic heterocycles. The van der Waals surface area contributed by atoms with Crippen molar-refractivity contribution < 1.29 is 23.1 Å². The maximum absolute atomic E-state index is 12.1. The number of amides is 2. The predicted octanol–water partition coefficient (Wildman–Crippen LogP) is 3.70. The number of nitrogens with one attached hydrogen (secondary N) is 2. The van der Waals surface area contributed by atoms with Crippen LogP contribution in [0.4, 0.5) is 14.5 Å². The Hall–Kier alpha value is -2.67. The molecule has 25 heavy (non-hydrogen) atoms. The van der Waals surface area contributed by atoms with E-state index in [1.165, 1.54) is 31.2 Å². The summed E-state index contributed by atoms with van der Waals surface area (Å²) in [5, 5.41) is 5.63. The predicted molar refractivity (Wildman–Crippen MR) is 90.1 cm³/mol. The van der Waals surface area contributed by atoms with E-state index in [1.807, 2.05) is 0 Å². The third-order valence-electron chi connectivity index (χ3n) is 3.19. The molecule has 2 aromatic carbocycles. The first-order valence-electron chi connectivity index (χ1n) is 7.27. The second-order valence-electron chi connectivity index (χ2n) is 5.09. The van der Waals surface area contributed by atoms with Gasteiger partial charge in [0.2, 0.25) is 5.91 Å². The number of carbonyl (C=O) groups excluding carboxylic acids is 2. The first-order valence-corrected chi connectivity index (χ1v) is 7.65. The lowest BCUT2D eigenvalue weighted by molar-refractivity contribution is -0.117. The summed E-state index contributed by atoms with van der Waals surface area (Å²) in [4.78, 5) is 24.1. The maximum atomic E-state index is 12.1. The topological polar surface area (TPSA) is 67.4 Å². The van der Waals surface area contributed by atoms with Gasteiger partial charge >= 0.3 is 6.61 Å². The number of carbonyl (C=O) groups is 2. The summed E-state index contributed by atoms with van der Waals surface area (Å²) in [6.45, 7) is -1.39. The quantitative estimate of drug-likeness (QED) is 0.817. The van der Waals surface area contributed by atoms with Gasteiger partial charge in [0.15, 0.2) is 0 Å². The molecule has 0 aliphatic heterocycles. The van der Waals surface area contributed by atoms with E-state index >= 15 is 0 Å². The van der Waals surface area contributed by atoms with Crippen LogP contribution in [0.25, 0.3) is 0 Å². The van der Waals surface area contributed by atoms with Gasteiger partial charge in [0.05, 0.1) is 0 Å². The summed E-state index contributed by atoms with van der Waals surface area (Å²) in [6, 6.07) is 10.9. The van der Waals surface area contributed by atoms with Crippen LogP contribution in [-0.2, 0) is 4.79 Å². The van der Waals surface area contributed by atoms with Crippen LogP contribution in [0.3, 0.4) is 0 Å². The van der Waals surface area contributed by atoms with Crippen LogP contribution in [0.5, 0.6) is 5.75 Å². The molecule has 0 spiro atoms. The van der Waals surface area contributed by atoms with Crippen LogP contribution >= 0.6 is 11.6 Å². The third-order valence-corrected chi connectivity index (χ3v) is 3.45. The van der Waals surface area contributed by atoms with Gasteiger partial charge in [-0.15, -0.1) is 0 Å². The van der Waals surface area contributed by atoms with Gasteiger partial charge in [0.25, 0.3) is 5.91 Å². The molecule has 0 heterocycles. The number of rotatable bonds is 6. The second kappa shape index (κ2) is 8.43. The molecule has 2 rings (SSSR count). The molecule has 2 aromatic rings. The lowest BCUT2D eigenvalue weighted by Crippen LogP contribution is -2.41. The molecule has 2 amide bonds. The van der Waals surface area contributed by atoms with Gasteiger partial charge in [-0.25, -0.2) is 0 Å². The van der Waals surface area contributed by atoms with Crippen LogP contribution in [0.1, 0.15) is 17.3 Å². The van der Waals surface area contributed by atoms with Crippen LogP contribution in [0, 0.1) is 0 Å². The second-order valence-corrected chi connectivity index (χ2v) is 5.53. The molecule has 0 aliphatic rings. The Labute approximate surface area is 147 Å². The zero-order valence-electron chi connectivity index (χ0n) is 13.1. The average Bonchev–Trinajstić information content (AvgIpc) is 2.56. The van der Waals surface area contributed by atoms with Gasteiger partial charge in [-0.2, -0.15) is 8.78 Å².